The summed E-state index contributed by atoms with van der Waals surface area (Å²) in [4.78, 5) is 15.3. The molecule has 0 unspecified atom stereocenters. The van der Waals surface area contributed by atoms with Crippen LogP contribution in [0, 0.1) is 0 Å². The predicted octanol–water partition coefficient (Wildman–Crippen LogP) is 1.99. The fourth-order valence-electron chi connectivity index (χ4n) is 3.77. The van der Waals surface area contributed by atoms with E-state index in [-0.39, 0.29) is 11.7 Å². The van der Waals surface area contributed by atoms with E-state index < -0.39 is 15.4 Å². The van der Waals surface area contributed by atoms with Gasteiger partial charge in [-0.2, -0.15) is 4.31 Å². The first kappa shape index (κ1) is 19.8. The van der Waals surface area contributed by atoms with Crippen molar-refractivity contribution in [3.63, 3.8) is 0 Å². The maximum atomic E-state index is 13.5. The van der Waals surface area contributed by atoms with Crippen molar-refractivity contribution in [2.24, 2.45) is 0 Å². The maximum absolute atomic E-state index is 13.5. The number of carbonyl (C=O) groups excluding carboxylic acids is 1. The number of ether oxygens (including phenoxy) is 1. The molecule has 2 aliphatic heterocycles. The Kier molecular flexibility index (Phi) is 6.06. The first-order valence-electron chi connectivity index (χ1n) is 9.00. The van der Waals surface area contributed by atoms with Gasteiger partial charge in [0.15, 0.2) is 0 Å². The van der Waals surface area contributed by atoms with Crippen LogP contribution in [0.2, 0.25) is 0 Å². The molecule has 0 aliphatic carbocycles. The Morgan fingerprint density at radius 2 is 1.69 bits per heavy atom. The number of benzene rings is 1. The van der Waals surface area contributed by atoms with Crippen LogP contribution >= 0.6 is 15.9 Å². The molecule has 2 saturated heterocycles. The summed E-state index contributed by atoms with van der Waals surface area (Å²) in [5, 5.41) is 0. The zero-order chi connectivity index (χ0) is 18.8. The van der Waals surface area contributed by atoms with Gasteiger partial charge in [0.05, 0.1) is 11.2 Å². The number of nitrogens with zero attached hydrogens (tertiary/aromatic N) is 2. The number of halogens is 1. The zero-order valence-electron chi connectivity index (χ0n) is 15.0. The summed E-state index contributed by atoms with van der Waals surface area (Å²) in [6.07, 6.45) is 1.31. The molecule has 0 spiro atoms. The Labute approximate surface area is 163 Å². The first-order chi connectivity index (χ1) is 12.4. The molecular formula is C18H25BrN2O4S. The summed E-state index contributed by atoms with van der Waals surface area (Å²) < 4.78 is 32.1. The number of sulfonamides is 1. The van der Waals surface area contributed by atoms with Gasteiger partial charge < -0.3 is 9.64 Å². The van der Waals surface area contributed by atoms with Crippen LogP contribution in [-0.4, -0.2) is 68.7 Å². The summed E-state index contributed by atoms with van der Waals surface area (Å²) in [6.45, 7) is 4.40. The summed E-state index contributed by atoms with van der Waals surface area (Å²) in [6, 6.07) is 7.94. The van der Waals surface area contributed by atoms with E-state index in [0.717, 1.165) is 10.0 Å². The number of hydrogen-bond acceptors (Lipinski definition) is 4. The van der Waals surface area contributed by atoms with Crippen molar-refractivity contribution in [2.45, 2.75) is 25.2 Å². The average Bonchev–Trinajstić information content (AvgIpc) is 2.68. The SMILES string of the molecule is CCS(=O)(=O)N1CCN(C(=O)C2(c3ccc(Br)cc3)CCOCC2)CC1. The molecule has 2 heterocycles. The van der Waals surface area contributed by atoms with Crippen LogP contribution in [0.3, 0.4) is 0 Å². The molecule has 3 rings (SSSR count). The molecule has 1 aromatic carbocycles. The highest BCUT2D eigenvalue weighted by molar-refractivity contribution is 9.10. The molecule has 144 valence electrons. The minimum Gasteiger partial charge on any atom is -0.381 e. The van der Waals surface area contributed by atoms with Crippen molar-refractivity contribution in [1.82, 2.24) is 9.21 Å². The molecule has 2 fully saturated rings. The van der Waals surface area contributed by atoms with E-state index in [2.05, 4.69) is 15.9 Å². The Bertz CT molecular complexity index is 737. The molecule has 26 heavy (non-hydrogen) atoms. The highest BCUT2D eigenvalue weighted by atomic mass is 79.9. The van der Waals surface area contributed by atoms with Crippen LogP contribution in [-0.2, 0) is 25.0 Å². The van der Waals surface area contributed by atoms with Crippen LogP contribution < -0.4 is 0 Å². The number of hydrogen-bond donors (Lipinski definition) is 0. The molecule has 8 heteroatoms. The van der Waals surface area contributed by atoms with Crippen LogP contribution in [0.5, 0.6) is 0 Å². The summed E-state index contributed by atoms with van der Waals surface area (Å²) in [5.41, 5.74) is 0.433. The quantitative estimate of drug-likeness (QED) is 0.711. The van der Waals surface area contributed by atoms with Crippen molar-refractivity contribution >= 4 is 31.9 Å². The summed E-state index contributed by atoms with van der Waals surface area (Å²) in [7, 11) is -3.20. The second-order valence-corrected chi connectivity index (χ2v) is 9.97. The predicted molar refractivity (Wildman–Crippen MR) is 103 cm³/mol. The normalized spacial score (nSPS) is 21.5. The molecule has 6 nitrogen and oxygen atoms in total. The highest BCUT2D eigenvalue weighted by Crippen LogP contribution is 2.37. The lowest BCUT2D eigenvalue weighted by Gasteiger charge is -2.42. The van der Waals surface area contributed by atoms with Crippen molar-refractivity contribution in [2.75, 3.05) is 45.1 Å². The molecule has 2 aliphatic rings. The Morgan fingerprint density at radius 1 is 1.12 bits per heavy atom. The van der Waals surface area contributed by atoms with Gasteiger partial charge in [0.2, 0.25) is 15.9 Å². The fourth-order valence-corrected chi connectivity index (χ4v) is 5.12. The fraction of sp³-hybridized carbons (Fsp3) is 0.611. The number of piperazine rings is 1. The van der Waals surface area contributed by atoms with E-state index in [9.17, 15) is 13.2 Å². The first-order valence-corrected chi connectivity index (χ1v) is 11.4. The van der Waals surface area contributed by atoms with Crippen molar-refractivity contribution < 1.29 is 17.9 Å². The molecular weight excluding hydrogens is 420 g/mol. The van der Waals surface area contributed by atoms with Gasteiger partial charge >= 0.3 is 0 Å². The van der Waals surface area contributed by atoms with Crippen molar-refractivity contribution in [1.29, 1.82) is 0 Å². The Morgan fingerprint density at radius 3 is 2.23 bits per heavy atom. The van der Waals surface area contributed by atoms with Gasteiger partial charge in [-0.25, -0.2) is 8.42 Å². The van der Waals surface area contributed by atoms with Gasteiger partial charge in [-0.1, -0.05) is 28.1 Å². The topological polar surface area (TPSA) is 66.9 Å². The second kappa shape index (κ2) is 7.96. The van der Waals surface area contributed by atoms with E-state index in [1.54, 1.807) is 6.92 Å². The molecule has 0 atom stereocenters. The minimum absolute atomic E-state index is 0.0941. The van der Waals surface area contributed by atoms with E-state index >= 15 is 0 Å². The second-order valence-electron chi connectivity index (χ2n) is 6.79. The smallest absolute Gasteiger partial charge is 0.233 e. The van der Waals surface area contributed by atoms with Crippen LogP contribution in [0.1, 0.15) is 25.3 Å². The third kappa shape index (κ3) is 3.83. The zero-order valence-corrected chi connectivity index (χ0v) is 17.4. The van der Waals surface area contributed by atoms with E-state index in [0.29, 0.717) is 52.2 Å². The standard InChI is InChI=1S/C18H25BrN2O4S/c1-2-26(23,24)21-11-9-20(10-12-21)17(22)18(7-13-25-14-8-18)15-3-5-16(19)6-4-15/h3-6H,2,7-14H2,1H3. The van der Waals surface area contributed by atoms with Crippen molar-refractivity contribution in [3.8, 4) is 0 Å². The Hall–Kier alpha value is -0.960. The van der Waals surface area contributed by atoms with E-state index in [1.807, 2.05) is 29.2 Å². The Balaban J connectivity index is 1.80. The van der Waals surface area contributed by atoms with Gasteiger partial charge in [0, 0.05) is 43.9 Å². The lowest BCUT2D eigenvalue weighted by Crippen LogP contribution is -2.56. The van der Waals surface area contributed by atoms with E-state index in [4.69, 9.17) is 4.74 Å². The number of carbonyl (C=O) groups is 1. The van der Waals surface area contributed by atoms with Crippen molar-refractivity contribution in [3.05, 3.63) is 34.3 Å². The van der Waals surface area contributed by atoms with E-state index in [1.165, 1.54) is 4.31 Å². The third-order valence-electron chi connectivity index (χ3n) is 5.44. The highest BCUT2D eigenvalue weighted by Gasteiger charge is 2.45. The molecule has 0 radical (unpaired) electrons. The number of rotatable bonds is 4. The summed E-state index contributed by atoms with van der Waals surface area (Å²) in [5.74, 6) is 0.192. The van der Waals surface area contributed by atoms with Gasteiger partial charge in [-0.15, -0.1) is 0 Å². The molecule has 0 N–H and O–H groups in total. The summed E-state index contributed by atoms with van der Waals surface area (Å²) >= 11 is 3.45. The minimum atomic E-state index is -3.20. The molecule has 0 saturated carbocycles. The number of amides is 1. The third-order valence-corrected chi connectivity index (χ3v) is 7.85. The molecule has 0 bridgehead atoms. The molecule has 0 aromatic heterocycles. The van der Waals surface area contributed by atoms with Gasteiger partial charge in [0.25, 0.3) is 0 Å². The van der Waals surface area contributed by atoms with Gasteiger partial charge in [-0.3, -0.25) is 4.79 Å². The average molecular weight is 445 g/mol. The molecule has 1 aromatic rings. The maximum Gasteiger partial charge on any atom is 0.233 e. The van der Waals surface area contributed by atoms with Crippen LogP contribution in [0.25, 0.3) is 0 Å². The van der Waals surface area contributed by atoms with Gasteiger partial charge in [-0.05, 0) is 37.5 Å². The monoisotopic (exact) mass is 444 g/mol. The van der Waals surface area contributed by atoms with Crippen LogP contribution in [0.4, 0.5) is 0 Å². The largest absolute Gasteiger partial charge is 0.381 e. The van der Waals surface area contributed by atoms with Gasteiger partial charge in [0.1, 0.15) is 0 Å². The lowest BCUT2D eigenvalue weighted by molar-refractivity contribution is -0.142. The molecule has 1 amide bonds. The van der Waals surface area contributed by atoms with Crippen LogP contribution in [0.15, 0.2) is 28.7 Å². The lowest BCUT2D eigenvalue weighted by atomic mass is 9.73.